The Morgan fingerprint density at radius 3 is 2.37 bits per heavy atom. The fraction of sp³-hybridized carbons (Fsp3) is 0.400. The number of hydrogen-bond acceptors (Lipinski definition) is 5. The van der Waals surface area contributed by atoms with E-state index >= 15 is 0 Å². The fourth-order valence-corrected chi connectivity index (χ4v) is 5.94. The highest BCUT2D eigenvalue weighted by Gasteiger charge is 2.51. The predicted octanol–water partition coefficient (Wildman–Crippen LogP) is 5.14. The number of likely N-dealkylation sites (tertiary alicyclic amines) is 1. The van der Waals surface area contributed by atoms with Gasteiger partial charge in [0.1, 0.15) is 5.56 Å². The molecule has 0 aliphatic carbocycles. The van der Waals surface area contributed by atoms with Gasteiger partial charge in [-0.15, -0.1) is 0 Å². The molecule has 2 N–H and O–H groups in total. The molecule has 3 heterocycles. The van der Waals surface area contributed by atoms with E-state index in [-0.39, 0.29) is 11.8 Å². The van der Waals surface area contributed by atoms with Crippen molar-refractivity contribution < 1.29 is 24.2 Å². The third-order valence-electron chi connectivity index (χ3n) is 7.95. The van der Waals surface area contributed by atoms with Crippen LogP contribution in [-0.4, -0.2) is 41.7 Å². The Morgan fingerprint density at radius 1 is 1.11 bits per heavy atom. The van der Waals surface area contributed by atoms with Crippen LogP contribution in [-0.2, 0) is 5.79 Å². The average molecular weight is 582 g/mol. The molecule has 5 rings (SSSR count). The van der Waals surface area contributed by atoms with Crippen LogP contribution in [0.2, 0.25) is 0 Å². The molecule has 38 heavy (non-hydrogen) atoms. The van der Waals surface area contributed by atoms with Gasteiger partial charge in [-0.05, 0) is 76.0 Å². The van der Waals surface area contributed by atoms with E-state index in [1.165, 1.54) is 0 Å². The molecule has 3 aromatic rings. The number of nitrogens with zero attached hydrogens (tertiary/aromatic N) is 2. The van der Waals surface area contributed by atoms with Crippen molar-refractivity contribution in [2.75, 3.05) is 19.6 Å². The minimum atomic E-state index is -0.831. The lowest BCUT2D eigenvalue weighted by atomic mass is 9.83. The number of halogens is 1. The van der Waals surface area contributed by atoms with Crippen molar-refractivity contribution in [1.29, 1.82) is 0 Å². The Bertz CT molecular complexity index is 1280. The van der Waals surface area contributed by atoms with Gasteiger partial charge >= 0.3 is 0 Å². The Balaban J connectivity index is 1.20. The number of aromatic nitrogens is 1. The van der Waals surface area contributed by atoms with E-state index in [2.05, 4.69) is 45.2 Å². The summed E-state index contributed by atoms with van der Waals surface area (Å²) >= 11 is 3.55. The minimum Gasteiger partial charge on any atom is -0.444 e. The number of para-hydroxylation sites is 2. The minimum absolute atomic E-state index is 0.152. The Hall–Kier alpha value is -3.10. The number of carbonyl (C=O) groups excluding carboxylic acids is 1. The van der Waals surface area contributed by atoms with Gasteiger partial charge in [-0.25, -0.2) is 0 Å². The molecule has 0 bridgehead atoms. The summed E-state index contributed by atoms with van der Waals surface area (Å²) < 4.78 is 15.2. The normalized spacial score (nSPS) is 17.8. The molecule has 0 saturated carbocycles. The van der Waals surface area contributed by atoms with E-state index in [4.69, 9.17) is 9.47 Å². The molecule has 1 amide bonds. The molecule has 1 aromatic heterocycles. The first-order valence-corrected chi connectivity index (χ1v) is 14.0. The van der Waals surface area contributed by atoms with Crippen molar-refractivity contribution in [2.24, 2.45) is 5.92 Å². The van der Waals surface area contributed by atoms with Crippen LogP contribution in [0.15, 0.2) is 65.3 Å². The number of hydrogen-bond donors (Lipinski definition) is 2. The molecule has 1 atom stereocenters. The summed E-state index contributed by atoms with van der Waals surface area (Å²) in [4.78, 5) is 15.3. The van der Waals surface area contributed by atoms with Gasteiger partial charge < -0.3 is 19.7 Å². The van der Waals surface area contributed by atoms with E-state index in [1.54, 1.807) is 19.2 Å². The molecule has 7 nitrogen and oxygen atoms in total. The maximum atomic E-state index is 12.8. The zero-order valence-corrected chi connectivity index (χ0v) is 23.7. The van der Waals surface area contributed by atoms with Gasteiger partial charge in [0, 0.05) is 46.3 Å². The zero-order chi connectivity index (χ0) is 26.9. The first kappa shape index (κ1) is 26.5. The van der Waals surface area contributed by atoms with Crippen molar-refractivity contribution in [3.05, 3.63) is 87.7 Å². The molecule has 0 spiro atoms. The molecule has 1 unspecified atom stereocenters. The first-order chi connectivity index (χ1) is 18.3. The lowest BCUT2D eigenvalue weighted by Gasteiger charge is -2.42. The van der Waals surface area contributed by atoms with Gasteiger partial charge in [-0.1, -0.05) is 40.2 Å². The number of carbonyl (C=O) groups is 1. The van der Waals surface area contributed by atoms with E-state index < -0.39 is 5.79 Å². The number of amides is 1. The van der Waals surface area contributed by atoms with E-state index in [0.717, 1.165) is 64.2 Å². The highest BCUT2D eigenvalue weighted by atomic mass is 79.9. The van der Waals surface area contributed by atoms with E-state index in [1.807, 2.05) is 43.3 Å². The molecule has 8 heteroatoms. The SMILES string of the molecule is Cc1cc[n+](O)c(C)c1C(=O)NCCC(C)N1CCC(C2(c3ccc(Br)cc3)Oc3ccccc3O2)CC1. The number of ether oxygens (including phenoxy) is 2. The standard InChI is InChI=1S/C30H34BrN3O4/c1-20-13-19-34(36)22(3)28(20)29(35)32-16-12-21(2)33-17-14-24(15-18-33)30(23-8-10-25(31)11-9-23)37-26-6-4-5-7-27(26)38-30/h4-11,13,19,21,24H,12,14-18H2,1-3H3,(H-,32,35,36)/p+1. The lowest BCUT2D eigenvalue weighted by molar-refractivity contribution is -0.908. The van der Waals surface area contributed by atoms with Crippen molar-refractivity contribution in [2.45, 2.75) is 51.9 Å². The molecule has 1 fully saturated rings. The van der Waals surface area contributed by atoms with Gasteiger partial charge in [0.15, 0.2) is 11.5 Å². The Kier molecular flexibility index (Phi) is 7.63. The van der Waals surface area contributed by atoms with Crippen LogP contribution >= 0.6 is 15.9 Å². The van der Waals surface area contributed by atoms with Crippen molar-refractivity contribution >= 4 is 21.8 Å². The number of aryl methyl sites for hydroxylation is 1. The second-order valence-corrected chi connectivity index (χ2v) is 11.2. The highest BCUT2D eigenvalue weighted by molar-refractivity contribution is 9.10. The van der Waals surface area contributed by atoms with Crippen LogP contribution in [0.1, 0.15) is 53.4 Å². The van der Waals surface area contributed by atoms with Crippen LogP contribution in [0.4, 0.5) is 0 Å². The molecular formula is C30H35BrN3O4+. The number of fused-ring (bicyclic) bond motifs is 1. The highest BCUT2D eigenvalue weighted by Crippen LogP contribution is 2.50. The third-order valence-corrected chi connectivity index (χ3v) is 8.48. The van der Waals surface area contributed by atoms with Gasteiger partial charge in [0.05, 0.1) is 0 Å². The summed E-state index contributed by atoms with van der Waals surface area (Å²) in [6.07, 6.45) is 4.28. The summed E-state index contributed by atoms with van der Waals surface area (Å²) in [5.41, 5.74) is 2.94. The maximum Gasteiger partial charge on any atom is 0.281 e. The van der Waals surface area contributed by atoms with Crippen molar-refractivity contribution in [1.82, 2.24) is 10.2 Å². The van der Waals surface area contributed by atoms with Crippen LogP contribution in [0, 0.1) is 19.8 Å². The third kappa shape index (κ3) is 5.12. The number of piperidine rings is 1. The van der Waals surface area contributed by atoms with Gasteiger partial charge in [-0.2, -0.15) is 0 Å². The fourth-order valence-electron chi connectivity index (χ4n) is 5.68. The van der Waals surface area contributed by atoms with E-state index in [9.17, 15) is 10.0 Å². The topological polar surface area (TPSA) is 74.9 Å². The Morgan fingerprint density at radius 2 is 1.74 bits per heavy atom. The monoisotopic (exact) mass is 580 g/mol. The van der Waals surface area contributed by atoms with Crippen LogP contribution in [0.5, 0.6) is 11.5 Å². The summed E-state index contributed by atoms with van der Waals surface area (Å²) in [6, 6.07) is 18.2. The smallest absolute Gasteiger partial charge is 0.281 e. The lowest BCUT2D eigenvalue weighted by Crippen LogP contribution is -2.50. The average Bonchev–Trinajstić information content (AvgIpc) is 3.32. The van der Waals surface area contributed by atoms with E-state index in [0.29, 0.717) is 23.8 Å². The molecule has 0 radical (unpaired) electrons. The largest absolute Gasteiger partial charge is 0.444 e. The van der Waals surface area contributed by atoms with Gasteiger partial charge in [0.2, 0.25) is 11.9 Å². The second-order valence-electron chi connectivity index (χ2n) is 10.3. The number of nitrogens with one attached hydrogen (secondary N) is 1. The van der Waals surface area contributed by atoms with Gasteiger partial charge in [-0.3, -0.25) is 10.0 Å². The number of rotatable bonds is 7. The molecule has 1 saturated heterocycles. The molecular weight excluding hydrogens is 546 g/mol. The summed E-state index contributed by atoms with van der Waals surface area (Å²) in [6.45, 7) is 8.28. The van der Waals surface area contributed by atoms with Crippen LogP contribution in [0.25, 0.3) is 0 Å². The van der Waals surface area contributed by atoms with Crippen molar-refractivity contribution in [3.8, 4) is 11.5 Å². The van der Waals surface area contributed by atoms with Crippen LogP contribution < -0.4 is 19.5 Å². The molecule has 2 aliphatic heterocycles. The predicted molar refractivity (Wildman–Crippen MR) is 148 cm³/mol. The molecule has 200 valence electrons. The quantitative estimate of drug-likeness (QED) is 0.299. The number of benzene rings is 2. The van der Waals surface area contributed by atoms with Crippen molar-refractivity contribution in [3.63, 3.8) is 0 Å². The molecule has 2 aliphatic rings. The number of pyridine rings is 1. The summed E-state index contributed by atoms with van der Waals surface area (Å²) in [7, 11) is 0. The maximum absolute atomic E-state index is 12.8. The summed E-state index contributed by atoms with van der Waals surface area (Å²) in [5.74, 6) is 0.798. The molecule has 2 aromatic carbocycles. The second kappa shape index (κ2) is 10.9. The first-order valence-electron chi connectivity index (χ1n) is 13.2. The van der Waals surface area contributed by atoms with Gasteiger partial charge in [0.25, 0.3) is 11.7 Å². The van der Waals surface area contributed by atoms with Crippen LogP contribution in [0.3, 0.4) is 0 Å². The Labute approximate surface area is 232 Å². The zero-order valence-electron chi connectivity index (χ0n) is 22.1. The summed E-state index contributed by atoms with van der Waals surface area (Å²) in [5, 5.41) is 13.0.